The molecule has 1 aliphatic rings. The summed E-state index contributed by atoms with van der Waals surface area (Å²) in [5.41, 5.74) is 0.550. The Morgan fingerprint density at radius 1 is 1.20 bits per heavy atom. The van der Waals surface area contributed by atoms with Crippen LogP contribution in [-0.2, 0) is 11.3 Å². The highest BCUT2D eigenvalue weighted by atomic mass is 32.1. The molecule has 0 atom stereocenters. The fourth-order valence-corrected chi connectivity index (χ4v) is 3.34. The van der Waals surface area contributed by atoms with Gasteiger partial charge in [-0.25, -0.2) is 4.39 Å². The summed E-state index contributed by atoms with van der Waals surface area (Å²) in [4.78, 5) is 26.8. The van der Waals surface area contributed by atoms with Gasteiger partial charge in [-0.05, 0) is 36.8 Å². The van der Waals surface area contributed by atoms with Crippen LogP contribution in [0.4, 0.5) is 4.39 Å². The van der Waals surface area contributed by atoms with Crippen LogP contribution in [-0.4, -0.2) is 29.3 Å². The topological polar surface area (TPSA) is 49.4 Å². The van der Waals surface area contributed by atoms with Crippen molar-refractivity contribution in [3.05, 3.63) is 58.0 Å². The molecule has 1 aliphatic carbocycles. The van der Waals surface area contributed by atoms with Gasteiger partial charge in [0.2, 0.25) is 5.91 Å². The van der Waals surface area contributed by atoms with E-state index in [1.54, 1.807) is 29.2 Å². The maximum absolute atomic E-state index is 13.8. The second-order valence-corrected chi connectivity index (χ2v) is 7.13. The Morgan fingerprint density at radius 3 is 2.68 bits per heavy atom. The van der Waals surface area contributed by atoms with Gasteiger partial charge in [0.25, 0.3) is 5.91 Å². The van der Waals surface area contributed by atoms with Crippen LogP contribution in [0, 0.1) is 5.82 Å². The number of benzene rings is 1. The highest BCUT2D eigenvalue weighted by molar-refractivity contribution is 7.12. The van der Waals surface area contributed by atoms with Crippen LogP contribution >= 0.6 is 11.3 Å². The largest absolute Gasteiger partial charge is 0.351 e. The molecule has 0 aliphatic heterocycles. The van der Waals surface area contributed by atoms with Crippen molar-refractivity contribution in [2.24, 2.45) is 0 Å². The van der Waals surface area contributed by atoms with Gasteiger partial charge in [-0.1, -0.05) is 24.3 Å². The molecule has 1 N–H and O–H groups in total. The first-order valence-electron chi connectivity index (χ1n) is 8.49. The molecule has 3 rings (SSSR count). The highest BCUT2D eigenvalue weighted by Gasteiger charge is 2.32. The molecule has 132 valence electrons. The molecule has 2 amide bonds. The lowest BCUT2D eigenvalue weighted by Crippen LogP contribution is -2.33. The molecule has 0 saturated heterocycles. The summed E-state index contributed by atoms with van der Waals surface area (Å²) in [6.07, 6.45) is 2.90. The highest BCUT2D eigenvalue weighted by Crippen LogP contribution is 2.29. The third-order valence-corrected chi connectivity index (χ3v) is 5.07. The molecular weight excluding hydrogens is 339 g/mol. The van der Waals surface area contributed by atoms with Gasteiger partial charge in [0.15, 0.2) is 0 Å². The van der Waals surface area contributed by atoms with Crippen LogP contribution in [0.2, 0.25) is 0 Å². The zero-order valence-electron chi connectivity index (χ0n) is 13.9. The molecule has 0 radical (unpaired) electrons. The minimum Gasteiger partial charge on any atom is -0.351 e. The zero-order chi connectivity index (χ0) is 17.6. The van der Waals surface area contributed by atoms with E-state index >= 15 is 0 Å². The van der Waals surface area contributed by atoms with Crippen molar-refractivity contribution in [1.82, 2.24) is 10.2 Å². The standard InChI is InChI=1S/C19H21FN2O2S/c20-16-6-2-1-5-14(16)13-22(15-9-10-15)18(23)8-3-11-21-19(24)17-7-4-12-25-17/h1-2,4-7,12,15H,3,8-11,13H2,(H,21,24). The first kappa shape index (κ1) is 17.6. The van der Waals surface area contributed by atoms with Gasteiger partial charge in [0.1, 0.15) is 5.82 Å². The lowest BCUT2D eigenvalue weighted by atomic mass is 10.1. The Kier molecular flexibility index (Phi) is 5.81. The normalized spacial score (nSPS) is 13.5. The van der Waals surface area contributed by atoms with Crippen LogP contribution in [0.25, 0.3) is 0 Å². The molecule has 1 aromatic heterocycles. The van der Waals surface area contributed by atoms with E-state index in [1.165, 1.54) is 17.4 Å². The molecule has 0 spiro atoms. The average molecular weight is 360 g/mol. The molecule has 0 bridgehead atoms. The number of hydrogen-bond donors (Lipinski definition) is 1. The van der Waals surface area contributed by atoms with E-state index in [2.05, 4.69) is 5.32 Å². The first-order chi connectivity index (χ1) is 12.1. The number of amides is 2. The fraction of sp³-hybridized carbons (Fsp3) is 0.368. The number of rotatable bonds is 8. The van der Waals surface area contributed by atoms with Crippen molar-refractivity contribution in [3.63, 3.8) is 0 Å². The molecule has 0 unspecified atom stereocenters. The quantitative estimate of drug-likeness (QED) is 0.732. The van der Waals surface area contributed by atoms with Crippen LogP contribution in [0.5, 0.6) is 0 Å². The van der Waals surface area contributed by atoms with Gasteiger partial charge in [-0.3, -0.25) is 9.59 Å². The van der Waals surface area contributed by atoms with Crippen molar-refractivity contribution in [1.29, 1.82) is 0 Å². The van der Waals surface area contributed by atoms with E-state index in [1.807, 2.05) is 11.4 Å². The van der Waals surface area contributed by atoms with E-state index in [9.17, 15) is 14.0 Å². The summed E-state index contributed by atoms with van der Waals surface area (Å²) >= 11 is 1.39. The molecule has 6 heteroatoms. The minimum absolute atomic E-state index is 0.0242. The number of nitrogens with one attached hydrogen (secondary N) is 1. The number of nitrogens with zero attached hydrogens (tertiary/aromatic N) is 1. The lowest BCUT2D eigenvalue weighted by Gasteiger charge is -2.23. The van der Waals surface area contributed by atoms with Crippen LogP contribution in [0.15, 0.2) is 41.8 Å². The Morgan fingerprint density at radius 2 is 2.00 bits per heavy atom. The van der Waals surface area contributed by atoms with Crippen molar-refractivity contribution in [3.8, 4) is 0 Å². The van der Waals surface area contributed by atoms with Gasteiger partial charge in [-0.2, -0.15) is 0 Å². The summed E-state index contributed by atoms with van der Waals surface area (Å²) in [6.45, 7) is 0.776. The van der Waals surface area contributed by atoms with Gasteiger partial charge in [-0.15, -0.1) is 11.3 Å². The smallest absolute Gasteiger partial charge is 0.261 e. The molecule has 2 aromatic rings. The summed E-state index contributed by atoms with van der Waals surface area (Å²) < 4.78 is 13.8. The fourth-order valence-electron chi connectivity index (χ4n) is 2.70. The lowest BCUT2D eigenvalue weighted by molar-refractivity contribution is -0.132. The van der Waals surface area contributed by atoms with Gasteiger partial charge in [0.05, 0.1) is 4.88 Å². The van der Waals surface area contributed by atoms with E-state index in [-0.39, 0.29) is 23.7 Å². The van der Waals surface area contributed by atoms with Crippen molar-refractivity contribution < 1.29 is 14.0 Å². The number of carbonyl (C=O) groups excluding carboxylic acids is 2. The minimum atomic E-state index is -0.274. The van der Waals surface area contributed by atoms with E-state index < -0.39 is 0 Å². The van der Waals surface area contributed by atoms with Gasteiger partial charge >= 0.3 is 0 Å². The second-order valence-electron chi connectivity index (χ2n) is 6.18. The number of thiophene rings is 1. The number of carbonyl (C=O) groups is 2. The zero-order valence-corrected chi connectivity index (χ0v) is 14.7. The Labute approximate surface area is 150 Å². The Bertz CT molecular complexity index is 729. The summed E-state index contributed by atoms with van der Waals surface area (Å²) in [6, 6.07) is 10.4. The predicted octanol–water partition coefficient (Wildman–Crippen LogP) is 3.59. The summed E-state index contributed by atoms with van der Waals surface area (Å²) in [7, 11) is 0. The molecule has 1 fully saturated rings. The SMILES string of the molecule is O=C(NCCCC(=O)N(Cc1ccccc1F)C1CC1)c1cccs1. The third kappa shape index (κ3) is 4.89. The van der Waals surface area contributed by atoms with Crippen molar-refractivity contribution in [2.75, 3.05) is 6.54 Å². The van der Waals surface area contributed by atoms with E-state index in [0.717, 1.165) is 12.8 Å². The number of hydrogen-bond acceptors (Lipinski definition) is 3. The van der Waals surface area contributed by atoms with E-state index in [4.69, 9.17) is 0 Å². The molecule has 1 saturated carbocycles. The molecule has 1 heterocycles. The maximum Gasteiger partial charge on any atom is 0.261 e. The third-order valence-electron chi connectivity index (χ3n) is 4.20. The summed E-state index contributed by atoms with van der Waals surface area (Å²) in [5.74, 6) is -0.354. The Balaban J connectivity index is 1.47. The second kappa shape index (κ2) is 8.25. The van der Waals surface area contributed by atoms with Gasteiger partial charge < -0.3 is 10.2 Å². The van der Waals surface area contributed by atoms with E-state index in [0.29, 0.717) is 36.4 Å². The van der Waals surface area contributed by atoms with Crippen LogP contribution < -0.4 is 5.32 Å². The summed E-state index contributed by atoms with van der Waals surface area (Å²) in [5, 5.41) is 4.68. The predicted molar refractivity (Wildman–Crippen MR) is 95.9 cm³/mol. The number of halogens is 1. The monoisotopic (exact) mass is 360 g/mol. The molecule has 25 heavy (non-hydrogen) atoms. The van der Waals surface area contributed by atoms with Crippen LogP contribution in [0.3, 0.4) is 0 Å². The Hall–Kier alpha value is -2.21. The van der Waals surface area contributed by atoms with Crippen molar-refractivity contribution in [2.45, 2.75) is 38.3 Å². The molecule has 1 aromatic carbocycles. The first-order valence-corrected chi connectivity index (χ1v) is 9.37. The molecule has 4 nitrogen and oxygen atoms in total. The van der Waals surface area contributed by atoms with Crippen molar-refractivity contribution >= 4 is 23.2 Å². The molecular formula is C19H21FN2O2S. The van der Waals surface area contributed by atoms with Crippen LogP contribution in [0.1, 0.15) is 40.9 Å². The van der Waals surface area contributed by atoms with Gasteiger partial charge in [0, 0.05) is 31.1 Å². The maximum atomic E-state index is 13.8. The average Bonchev–Trinajstić information content (AvgIpc) is 3.30.